The van der Waals surface area contributed by atoms with E-state index in [1.54, 1.807) is 0 Å². The highest BCUT2D eigenvalue weighted by atomic mass is 15.1. The molecule has 2 heterocycles. The molecule has 0 atom stereocenters. The summed E-state index contributed by atoms with van der Waals surface area (Å²) < 4.78 is 2.12. The van der Waals surface area contributed by atoms with E-state index in [0.717, 1.165) is 17.9 Å². The van der Waals surface area contributed by atoms with E-state index in [4.69, 9.17) is 11.5 Å². The van der Waals surface area contributed by atoms with Gasteiger partial charge in [-0.05, 0) is 12.5 Å². The molecule has 0 fully saturated rings. The van der Waals surface area contributed by atoms with Crippen LogP contribution in [-0.2, 0) is 19.4 Å². The van der Waals surface area contributed by atoms with Crippen LogP contribution >= 0.6 is 0 Å². The van der Waals surface area contributed by atoms with Gasteiger partial charge < -0.3 is 16.0 Å². The van der Waals surface area contributed by atoms with E-state index in [2.05, 4.69) is 36.6 Å². The zero-order valence-electron chi connectivity index (χ0n) is 13.0. The number of nitrogen functional groups attached to an aromatic ring is 2. The fourth-order valence-corrected chi connectivity index (χ4v) is 2.50. The molecule has 0 saturated carbocycles. The van der Waals surface area contributed by atoms with Crippen molar-refractivity contribution >= 4 is 11.9 Å². The molecule has 3 rings (SSSR count). The predicted molar refractivity (Wildman–Crippen MR) is 88.6 cm³/mol. The van der Waals surface area contributed by atoms with E-state index in [9.17, 15) is 0 Å². The highest BCUT2D eigenvalue weighted by Gasteiger charge is 2.08. The van der Waals surface area contributed by atoms with Crippen LogP contribution in [0.25, 0.3) is 0 Å². The summed E-state index contributed by atoms with van der Waals surface area (Å²) in [6.45, 7) is 2.70. The molecule has 0 bridgehead atoms. The molecule has 0 aliphatic rings. The fraction of sp³-hybridized carbons (Fsp3) is 0.250. The van der Waals surface area contributed by atoms with Crippen molar-refractivity contribution < 1.29 is 0 Å². The van der Waals surface area contributed by atoms with E-state index in [1.807, 2.05) is 31.3 Å². The molecule has 0 amide bonds. The van der Waals surface area contributed by atoms with Crippen LogP contribution in [0, 0.1) is 6.92 Å². The van der Waals surface area contributed by atoms with Gasteiger partial charge in [0.25, 0.3) is 0 Å². The smallest absolute Gasteiger partial charge is 0.225 e. The quantitative estimate of drug-likeness (QED) is 0.737. The van der Waals surface area contributed by atoms with Crippen molar-refractivity contribution in [3.63, 3.8) is 0 Å². The normalized spacial score (nSPS) is 10.8. The summed E-state index contributed by atoms with van der Waals surface area (Å²) in [5.41, 5.74) is 13.4. The third kappa shape index (κ3) is 3.82. The monoisotopic (exact) mass is 309 g/mol. The summed E-state index contributed by atoms with van der Waals surface area (Å²) in [6, 6.07) is 10.3. The number of aryl methyl sites for hydroxylation is 3. The summed E-state index contributed by atoms with van der Waals surface area (Å²) in [4.78, 5) is 16.6. The predicted octanol–water partition coefficient (Wildman–Crippen LogP) is 1.37. The number of anilines is 2. The number of nitrogens with two attached hydrogens (primary N) is 2. The average molecular weight is 309 g/mol. The maximum Gasteiger partial charge on any atom is 0.225 e. The summed E-state index contributed by atoms with van der Waals surface area (Å²) >= 11 is 0. The molecule has 7 nitrogen and oxygen atoms in total. The highest BCUT2D eigenvalue weighted by molar-refractivity contribution is 5.26. The average Bonchev–Trinajstić information content (AvgIpc) is 2.85. The van der Waals surface area contributed by atoms with Gasteiger partial charge in [0.1, 0.15) is 11.6 Å². The Morgan fingerprint density at radius 1 is 0.957 bits per heavy atom. The Morgan fingerprint density at radius 2 is 1.65 bits per heavy atom. The highest BCUT2D eigenvalue weighted by Crippen LogP contribution is 2.11. The zero-order valence-corrected chi connectivity index (χ0v) is 13.0. The molecule has 23 heavy (non-hydrogen) atoms. The van der Waals surface area contributed by atoms with Gasteiger partial charge >= 0.3 is 0 Å². The fourth-order valence-electron chi connectivity index (χ4n) is 2.50. The summed E-state index contributed by atoms with van der Waals surface area (Å²) in [5.74, 6) is 1.91. The van der Waals surface area contributed by atoms with Gasteiger partial charge in [-0.1, -0.05) is 30.3 Å². The second-order valence-electron chi connectivity index (χ2n) is 5.37. The molecule has 118 valence electrons. The van der Waals surface area contributed by atoms with E-state index >= 15 is 0 Å². The van der Waals surface area contributed by atoms with Crippen LogP contribution in [0.15, 0.2) is 36.5 Å². The van der Waals surface area contributed by atoms with Gasteiger partial charge in [0.2, 0.25) is 11.9 Å². The van der Waals surface area contributed by atoms with Gasteiger partial charge in [-0.3, -0.25) is 0 Å². The number of hydrogen-bond donors (Lipinski definition) is 2. The van der Waals surface area contributed by atoms with Crippen LogP contribution < -0.4 is 11.5 Å². The minimum atomic E-state index is 0.152. The lowest BCUT2D eigenvalue weighted by molar-refractivity contribution is 0.641. The Kier molecular flexibility index (Phi) is 4.18. The maximum atomic E-state index is 5.60. The first-order chi connectivity index (χ1) is 11.1. The molecule has 7 heteroatoms. The second-order valence-corrected chi connectivity index (χ2v) is 5.37. The van der Waals surface area contributed by atoms with Crippen molar-refractivity contribution in [3.05, 3.63) is 59.4 Å². The molecule has 0 aliphatic carbocycles. The Morgan fingerprint density at radius 3 is 2.35 bits per heavy atom. The molecule has 2 aromatic heterocycles. The van der Waals surface area contributed by atoms with E-state index in [1.165, 1.54) is 5.56 Å². The van der Waals surface area contributed by atoms with Crippen molar-refractivity contribution in [3.8, 4) is 0 Å². The number of nitrogens with zero attached hydrogens (tertiary/aromatic N) is 5. The van der Waals surface area contributed by atoms with E-state index in [-0.39, 0.29) is 11.9 Å². The Hall–Kier alpha value is -2.96. The van der Waals surface area contributed by atoms with Crippen molar-refractivity contribution in [1.29, 1.82) is 0 Å². The summed E-state index contributed by atoms with van der Waals surface area (Å²) in [7, 11) is 0. The second kappa shape index (κ2) is 6.43. The third-order valence-corrected chi connectivity index (χ3v) is 3.48. The lowest BCUT2D eigenvalue weighted by atomic mass is 10.1. The van der Waals surface area contributed by atoms with Gasteiger partial charge in [-0.15, -0.1) is 0 Å². The van der Waals surface area contributed by atoms with Crippen LogP contribution in [0.1, 0.15) is 22.9 Å². The van der Waals surface area contributed by atoms with Gasteiger partial charge in [-0.2, -0.15) is 15.0 Å². The van der Waals surface area contributed by atoms with Crippen LogP contribution in [0.4, 0.5) is 11.9 Å². The number of benzene rings is 1. The lowest BCUT2D eigenvalue weighted by Gasteiger charge is -2.08. The molecule has 0 saturated heterocycles. The van der Waals surface area contributed by atoms with Crippen LogP contribution in [-0.4, -0.2) is 24.5 Å². The van der Waals surface area contributed by atoms with Crippen LogP contribution in [0.2, 0.25) is 0 Å². The molecular formula is C16H19N7. The molecule has 0 radical (unpaired) electrons. The lowest BCUT2D eigenvalue weighted by Crippen LogP contribution is -2.11. The van der Waals surface area contributed by atoms with Gasteiger partial charge in [0.15, 0.2) is 0 Å². The van der Waals surface area contributed by atoms with Crippen molar-refractivity contribution in [2.24, 2.45) is 0 Å². The van der Waals surface area contributed by atoms with Gasteiger partial charge in [0, 0.05) is 25.6 Å². The minimum absolute atomic E-state index is 0.152. The Labute approximate surface area is 134 Å². The first kappa shape index (κ1) is 15.0. The third-order valence-electron chi connectivity index (χ3n) is 3.48. The molecular weight excluding hydrogens is 290 g/mol. The zero-order chi connectivity index (χ0) is 16.2. The molecule has 0 spiro atoms. The first-order valence-electron chi connectivity index (χ1n) is 7.42. The van der Waals surface area contributed by atoms with Crippen LogP contribution in [0.3, 0.4) is 0 Å². The molecule has 1 aromatic carbocycles. The minimum Gasteiger partial charge on any atom is -0.368 e. The molecule has 0 unspecified atom stereocenters. The SMILES string of the molecule is Cc1cn(CCc2nc(N)nc(N)n2)c(Cc2ccccc2)n1. The first-order valence-corrected chi connectivity index (χ1v) is 7.42. The number of imidazole rings is 1. The summed E-state index contributed by atoms with van der Waals surface area (Å²) in [6.07, 6.45) is 3.44. The van der Waals surface area contributed by atoms with Crippen LogP contribution in [0.5, 0.6) is 0 Å². The number of rotatable bonds is 5. The van der Waals surface area contributed by atoms with Crippen molar-refractivity contribution in [1.82, 2.24) is 24.5 Å². The van der Waals surface area contributed by atoms with Crippen molar-refractivity contribution in [2.45, 2.75) is 26.3 Å². The van der Waals surface area contributed by atoms with Crippen molar-refractivity contribution in [2.75, 3.05) is 11.5 Å². The Bertz CT molecular complexity index is 775. The van der Waals surface area contributed by atoms with Gasteiger partial charge in [-0.25, -0.2) is 4.98 Å². The standard InChI is InChI=1S/C16H19N7/c1-11-10-23(8-7-13-20-15(17)22-16(18)21-13)14(19-11)9-12-5-3-2-4-6-12/h2-6,10H,7-9H2,1H3,(H4,17,18,20,21,22). The molecule has 3 aromatic rings. The maximum absolute atomic E-state index is 5.60. The Balaban J connectivity index is 1.75. The number of aromatic nitrogens is 5. The molecule has 4 N–H and O–H groups in total. The topological polar surface area (TPSA) is 109 Å². The largest absolute Gasteiger partial charge is 0.368 e. The molecule has 0 aliphatic heterocycles. The summed E-state index contributed by atoms with van der Waals surface area (Å²) in [5, 5.41) is 0. The van der Waals surface area contributed by atoms with Gasteiger partial charge in [0.05, 0.1) is 5.69 Å². The van der Waals surface area contributed by atoms with E-state index < -0.39 is 0 Å². The number of hydrogen-bond acceptors (Lipinski definition) is 6. The van der Waals surface area contributed by atoms with E-state index in [0.29, 0.717) is 18.8 Å².